The second-order valence-electron chi connectivity index (χ2n) is 3.03. The molecule has 0 aromatic rings. The molecule has 0 aromatic heterocycles. The lowest BCUT2D eigenvalue weighted by Crippen LogP contribution is -2.43. The van der Waals surface area contributed by atoms with Gasteiger partial charge in [0, 0.05) is 19.6 Å². The maximum absolute atomic E-state index is 11.8. The molecule has 0 N–H and O–H groups in total. The molecule has 0 aliphatic carbocycles. The fraction of sp³-hybridized carbons (Fsp3) is 0.800. The smallest absolute Gasteiger partial charge is 0.320 e. The third kappa shape index (κ3) is 3.65. The van der Waals surface area contributed by atoms with Crippen LogP contribution in [0.4, 0.5) is 4.79 Å². The van der Waals surface area contributed by atoms with Crippen LogP contribution in [-0.4, -0.2) is 42.0 Å². The molecule has 0 spiro atoms. The van der Waals surface area contributed by atoms with E-state index in [9.17, 15) is 4.79 Å². The van der Waals surface area contributed by atoms with Crippen molar-refractivity contribution < 1.29 is 4.79 Å². The van der Waals surface area contributed by atoms with Gasteiger partial charge in [0.1, 0.15) is 6.54 Å². The van der Waals surface area contributed by atoms with Gasteiger partial charge in [0.2, 0.25) is 0 Å². The maximum Gasteiger partial charge on any atom is 0.320 e. The first-order valence-corrected chi connectivity index (χ1v) is 5.11. The number of carbonyl (C=O) groups is 1. The van der Waals surface area contributed by atoms with Crippen molar-refractivity contribution in [3.05, 3.63) is 0 Å². The molecule has 0 heterocycles. The van der Waals surface area contributed by atoms with Gasteiger partial charge in [-0.3, -0.25) is 0 Å². The molecular weight excluding hydrogens is 178 g/mol. The zero-order valence-corrected chi connectivity index (χ0v) is 9.29. The largest absolute Gasteiger partial charge is 0.325 e. The van der Waals surface area contributed by atoms with Crippen LogP contribution in [0.3, 0.4) is 0 Å². The van der Waals surface area contributed by atoms with Crippen LogP contribution in [0.15, 0.2) is 0 Å². The fourth-order valence-corrected chi connectivity index (χ4v) is 1.29. The molecule has 0 radical (unpaired) electrons. The molecule has 0 aliphatic rings. The van der Waals surface area contributed by atoms with Crippen molar-refractivity contribution in [2.45, 2.75) is 27.2 Å². The van der Waals surface area contributed by atoms with E-state index in [0.717, 1.165) is 6.42 Å². The zero-order valence-electron chi connectivity index (χ0n) is 9.29. The minimum Gasteiger partial charge on any atom is -0.325 e. The molecule has 0 unspecified atom stereocenters. The first-order chi connectivity index (χ1) is 6.71. The lowest BCUT2D eigenvalue weighted by molar-refractivity contribution is 0.163. The molecule has 2 amide bonds. The normalized spacial score (nSPS) is 9.29. The average Bonchev–Trinajstić information content (AvgIpc) is 2.19. The third-order valence-electron chi connectivity index (χ3n) is 2.06. The van der Waals surface area contributed by atoms with Crippen molar-refractivity contribution in [1.29, 1.82) is 5.26 Å². The second-order valence-corrected chi connectivity index (χ2v) is 3.03. The van der Waals surface area contributed by atoms with Gasteiger partial charge in [-0.1, -0.05) is 6.92 Å². The van der Waals surface area contributed by atoms with Crippen LogP contribution in [0, 0.1) is 11.3 Å². The molecular formula is C10H19N3O. The SMILES string of the molecule is CCCN(CC#N)C(=O)N(CC)CC. The molecule has 0 aliphatic heterocycles. The lowest BCUT2D eigenvalue weighted by atomic mass is 10.4. The van der Waals surface area contributed by atoms with Gasteiger partial charge >= 0.3 is 6.03 Å². The molecule has 0 rings (SSSR count). The summed E-state index contributed by atoms with van der Waals surface area (Å²) < 4.78 is 0. The summed E-state index contributed by atoms with van der Waals surface area (Å²) in [6.07, 6.45) is 0.884. The maximum atomic E-state index is 11.8. The van der Waals surface area contributed by atoms with Crippen molar-refractivity contribution in [3.63, 3.8) is 0 Å². The van der Waals surface area contributed by atoms with E-state index in [0.29, 0.717) is 19.6 Å². The molecule has 0 saturated carbocycles. The molecule has 4 heteroatoms. The van der Waals surface area contributed by atoms with Crippen LogP contribution in [0.5, 0.6) is 0 Å². The van der Waals surface area contributed by atoms with E-state index >= 15 is 0 Å². The first-order valence-electron chi connectivity index (χ1n) is 5.11. The summed E-state index contributed by atoms with van der Waals surface area (Å²) in [4.78, 5) is 15.1. The predicted molar refractivity (Wildman–Crippen MR) is 55.8 cm³/mol. The van der Waals surface area contributed by atoms with Crippen molar-refractivity contribution in [3.8, 4) is 6.07 Å². The van der Waals surface area contributed by atoms with Crippen LogP contribution in [-0.2, 0) is 0 Å². The molecule has 0 aromatic carbocycles. The topological polar surface area (TPSA) is 47.3 Å². The van der Waals surface area contributed by atoms with Crippen LogP contribution >= 0.6 is 0 Å². The quantitative estimate of drug-likeness (QED) is 0.629. The number of nitrogens with zero attached hydrogens (tertiary/aromatic N) is 3. The summed E-state index contributed by atoms with van der Waals surface area (Å²) in [7, 11) is 0. The number of hydrogen-bond donors (Lipinski definition) is 0. The Morgan fingerprint density at radius 3 is 2.14 bits per heavy atom. The molecule has 14 heavy (non-hydrogen) atoms. The van der Waals surface area contributed by atoms with Crippen molar-refractivity contribution in [2.24, 2.45) is 0 Å². The second kappa shape index (κ2) is 7.19. The number of nitriles is 1. The highest BCUT2D eigenvalue weighted by Crippen LogP contribution is 1.99. The molecule has 0 fully saturated rings. The summed E-state index contributed by atoms with van der Waals surface area (Å²) in [5, 5.41) is 8.58. The van der Waals surface area contributed by atoms with Crippen LogP contribution in [0.2, 0.25) is 0 Å². The molecule has 0 atom stereocenters. The molecule has 4 nitrogen and oxygen atoms in total. The lowest BCUT2D eigenvalue weighted by Gasteiger charge is -2.27. The first kappa shape index (κ1) is 12.8. The van der Waals surface area contributed by atoms with Gasteiger partial charge in [0.25, 0.3) is 0 Å². The molecule has 80 valence electrons. The number of carbonyl (C=O) groups excluding carboxylic acids is 1. The highest BCUT2D eigenvalue weighted by Gasteiger charge is 2.16. The van der Waals surface area contributed by atoms with Crippen molar-refractivity contribution in [1.82, 2.24) is 9.80 Å². The van der Waals surface area contributed by atoms with E-state index in [1.54, 1.807) is 9.80 Å². The Bertz CT molecular complexity index is 206. The van der Waals surface area contributed by atoms with Gasteiger partial charge < -0.3 is 9.80 Å². The number of hydrogen-bond acceptors (Lipinski definition) is 2. The van der Waals surface area contributed by atoms with Crippen molar-refractivity contribution >= 4 is 6.03 Å². The minimum absolute atomic E-state index is 0.0293. The average molecular weight is 197 g/mol. The highest BCUT2D eigenvalue weighted by atomic mass is 16.2. The van der Waals surface area contributed by atoms with E-state index in [-0.39, 0.29) is 12.6 Å². The van der Waals surface area contributed by atoms with Gasteiger partial charge in [0.15, 0.2) is 0 Å². The Balaban J connectivity index is 4.33. The van der Waals surface area contributed by atoms with Crippen LogP contribution in [0.25, 0.3) is 0 Å². The summed E-state index contributed by atoms with van der Waals surface area (Å²) >= 11 is 0. The van der Waals surface area contributed by atoms with Gasteiger partial charge in [-0.25, -0.2) is 4.79 Å². The van der Waals surface area contributed by atoms with Crippen LogP contribution < -0.4 is 0 Å². The summed E-state index contributed by atoms with van der Waals surface area (Å²) in [6, 6.07) is 1.99. The van der Waals surface area contributed by atoms with E-state index in [1.165, 1.54) is 0 Å². The monoisotopic (exact) mass is 197 g/mol. The Morgan fingerprint density at radius 2 is 1.79 bits per heavy atom. The van der Waals surface area contributed by atoms with Crippen molar-refractivity contribution in [2.75, 3.05) is 26.2 Å². The highest BCUT2D eigenvalue weighted by molar-refractivity contribution is 5.74. The van der Waals surface area contributed by atoms with E-state index in [4.69, 9.17) is 5.26 Å². The zero-order chi connectivity index (χ0) is 11.0. The Hall–Kier alpha value is -1.24. The van der Waals surface area contributed by atoms with Gasteiger partial charge in [-0.15, -0.1) is 0 Å². The number of rotatable bonds is 5. The van der Waals surface area contributed by atoms with E-state index < -0.39 is 0 Å². The number of amides is 2. The van der Waals surface area contributed by atoms with Gasteiger partial charge in [-0.05, 0) is 20.3 Å². The summed E-state index contributed by atoms with van der Waals surface area (Å²) in [6.45, 7) is 8.11. The van der Waals surface area contributed by atoms with Crippen LogP contribution in [0.1, 0.15) is 27.2 Å². The Morgan fingerprint density at radius 1 is 1.21 bits per heavy atom. The Labute approximate surface area is 86.1 Å². The van der Waals surface area contributed by atoms with Gasteiger partial charge in [0.05, 0.1) is 6.07 Å². The summed E-state index contributed by atoms with van der Waals surface area (Å²) in [5.74, 6) is 0. The Kier molecular flexibility index (Phi) is 6.55. The fourth-order valence-electron chi connectivity index (χ4n) is 1.29. The standard InChI is InChI=1S/C10H19N3O/c1-4-8-13(9-7-11)10(14)12(5-2)6-3/h4-6,8-9H2,1-3H3. The third-order valence-corrected chi connectivity index (χ3v) is 2.06. The predicted octanol–water partition coefficient (Wildman–Crippen LogP) is 1.68. The number of urea groups is 1. The van der Waals surface area contributed by atoms with Gasteiger partial charge in [-0.2, -0.15) is 5.26 Å². The van der Waals surface area contributed by atoms with E-state index in [2.05, 4.69) is 0 Å². The molecule has 0 saturated heterocycles. The van der Waals surface area contributed by atoms with E-state index in [1.807, 2.05) is 26.8 Å². The minimum atomic E-state index is -0.0293. The summed E-state index contributed by atoms with van der Waals surface area (Å²) in [5.41, 5.74) is 0. The molecule has 0 bridgehead atoms.